The van der Waals surface area contributed by atoms with Crippen molar-refractivity contribution in [1.82, 2.24) is 10.2 Å². The minimum absolute atomic E-state index is 0.330. The Bertz CT molecular complexity index is 546. The second-order valence-corrected chi connectivity index (χ2v) is 7.16. The molecule has 128 valence electrons. The molecule has 1 amide bonds. The molecule has 23 heavy (non-hydrogen) atoms. The summed E-state index contributed by atoms with van der Waals surface area (Å²) in [5.74, 6) is 0. The van der Waals surface area contributed by atoms with Crippen LogP contribution >= 0.6 is 0 Å². The van der Waals surface area contributed by atoms with Crippen molar-refractivity contribution < 1.29 is 9.53 Å². The van der Waals surface area contributed by atoms with Crippen LogP contribution in [-0.2, 0) is 4.74 Å². The summed E-state index contributed by atoms with van der Waals surface area (Å²) in [6.45, 7) is 13.9. The van der Waals surface area contributed by atoms with E-state index in [9.17, 15) is 4.79 Å². The summed E-state index contributed by atoms with van der Waals surface area (Å²) in [6.07, 6.45) is -0.410. The van der Waals surface area contributed by atoms with Crippen molar-refractivity contribution in [3.8, 4) is 0 Å². The van der Waals surface area contributed by atoms with E-state index in [1.165, 1.54) is 5.56 Å². The summed E-state index contributed by atoms with van der Waals surface area (Å²) < 4.78 is 5.34. The number of hydrogen-bond acceptors (Lipinski definition) is 4. The normalized spacial score (nSPS) is 17.6. The van der Waals surface area contributed by atoms with Gasteiger partial charge in [0.1, 0.15) is 5.60 Å². The van der Waals surface area contributed by atoms with Gasteiger partial charge in [0.15, 0.2) is 0 Å². The van der Waals surface area contributed by atoms with E-state index in [4.69, 9.17) is 4.74 Å². The van der Waals surface area contributed by atoms with Gasteiger partial charge in [0, 0.05) is 37.9 Å². The van der Waals surface area contributed by atoms with Gasteiger partial charge in [-0.25, -0.2) is 4.79 Å². The van der Waals surface area contributed by atoms with Crippen molar-refractivity contribution >= 4 is 11.8 Å². The highest BCUT2D eigenvalue weighted by atomic mass is 16.6. The van der Waals surface area contributed by atoms with Crippen molar-refractivity contribution in [2.45, 2.75) is 46.3 Å². The molecule has 1 aromatic carbocycles. The first kappa shape index (κ1) is 17.8. The third-order valence-electron chi connectivity index (χ3n) is 4.08. The number of nitrogens with one attached hydrogen (secondary N) is 2. The lowest BCUT2D eigenvalue weighted by molar-refractivity contribution is 0.0636. The quantitative estimate of drug-likeness (QED) is 0.897. The predicted molar refractivity (Wildman–Crippen MR) is 93.9 cm³/mol. The Kier molecular flexibility index (Phi) is 5.65. The molecule has 5 nitrogen and oxygen atoms in total. The zero-order chi connectivity index (χ0) is 17.0. The number of rotatable bonds is 3. The van der Waals surface area contributed by atoms with Gasteiger partial charge in [-0.05, 0) is 51.8 Å². The van der Waals surface area contributed by atoms with Crippen molar-refractivity contribution in [3.05, 3.63) is 29.3 Å². The number of hydrogen-bond donors (Lipinski definition) is 2. The Morgan fingerprint density at radius 2 is 1.96 bits per heavy atom. The third-order valence-corrected chi connectivity index (χ3v) is 4.08. The lowest BCUT2D eigenvalue weighted by Gasteiger charge is -2.33. The van der Waals surface area contributed by atoms with Crippen molar-refractivity contribution in [2.75, 3.05) is 31.5 Å². The first-order chi connectivity index (χ1) is 10.8. The zero-order valence-electron chi connectivity index (χ0n) is 14.9. The smallest absolute Gasteiger partial charge is 0.412 e. The van der Waals surface area contributed by atoms with Crippen LogP contribution in [0.3, 0.4) is 0 Å². The molecule has 0 bridgehead atoms. The van der Waals surface area contributed by atoms with E-state index < -0.39 is 11.7 Å². The Hall–Kier alpha value is -1.59. The average Bonchev–Trinajstić information content (AvgIpc) is 2.48. The molecule has 0 radical (unpaired) electrons. The monoisotopic (exact) mass is 319 g/mol. The van der Waals surface area contributed by atoms with Gasteiger partial charge in [-0.1, -0.05) is 12.1 Å². The average molecular weight is 319 g/mol. The van der Waals surface area contributed by atoms with Gasteiger partial charge in [-0.3, -0.25) is 10.2 Å². The molecule has 5 heteroatoms. The number of piperazine rings is 1. The van der Waals surface area contributed by atoms with Crippen LogP contribution in [0.25, 0.3) is 0 Å². The van der Waals surface area contributed by atoms with Gasteiger partial charge in [0.25, 0.3) is 0 Å². The Balaban J connectivity index is 2.10. The number of ether oxygens (including phenoxy) is 1. The molecule has 0 spiro atoms. The number of benzene rings is 1. The second kappa shape index (κ2) is 7.32. The zero-order valence-corrected chi connectivity index (χ0v) is 14.9. The van der Waals surface area contributed by atoms with Crippen molar-refractivity contribution in [1.29, 1.82) is 0 Å². The van der Waals surface area contributed by atoms with E-state index in [0.29, 0.717) is 6.04 Å². The lowest BCUT2D eigenvalue weighted by Crippen LogP contribution is -2.44. The standard InChI is InChI=1S/C18H29N3O2/c1-13-6-7-15(14(2)21-10-8-19-9-11-21)12-16(13)20-17(22)23-18(3,4)5/h6-7,12,14,19H,8-11H2,1-5H3,(H,20,22). The fourth-order valence-electron chi connectivity index (χ4n) is 2.73. The summed E-state index contributed by atoms with van der Waals surface area (Å²) in [7, 11) is 0. The molecule has 1 atom stereocenters. The highest BCUT2D eigenvalue weighted by molar-refractivity contribution is 5.86. The van der Waals surface area contributed by atoms with Crippen LogP contribution in [0.1, 0.15) is 44.9 Å². The first-order valence-electron chi connectivity index (χ1n) is 8.31. The number of aryl methyl sites for hydroxylation is 1. The van der Waals surface area contributed by atoms with E-state index in [2.05, 4.69) is 40.7 Å². The van der Waals surface area contributed by atoms with Crippen LogP contribution in [-0.4, -0.2) is 42.8 Å². The van der Waals surface area contributed by atoms with E-state index in [-0.39, 0.29) is 0 Å². The maximum Gasteiger partial charge on any atom is 0.412 e. The van der Waals surface area contributed by atoms with Crippen LogP contribution in [0, 0.1) is 6.92 Å². The predicted octanol–water partition coefficient (Wildman–Crippen LogP) is 3.31. The van der Waals surface area contributed by atoms with E-state index >= 15 is 0 Å². The highest BCUT2D eigenvalue weighted by Gasteiger charge is 2.20. The lowest BCUT2D eigenvalue weighted by atomic mass is 10.0. The summed E-state index contributed by atoms with van der Waals surface area (Å²) in [5.41, 5.74) is 2.57. The number of nitrogens with zero attached hydrogens (tertiary/aromatic N) is 1. The Morgan fingerprint density at radius 1 is 1.30 bits per heavy atom. The molecular formula is C18H29N3O2. The van der Waals surface area contributed by atoms with E-state index in [0.717, 1.165) is 37.4 Å². The number of carbonyl (C=O) groups is 1. The van der Waals surface area contributed by atoms with Crippen molar-refractivity contribution in [3.63, 3.8) is 0 Å². The van der Waals surface area contributed by atoms with Crippen LogP contribution in [0.15, 0.2) is 18.2 Å². The fraction of sp³-hybridized carbons (Fsp3) is 0.611. The van der Waals surface area contributed by atoms with Gasteiger partial charge in [-0.2, -0.15) is 0 Å². The van der Waals surface area contributed by atoms with Gasteiger partial charge in [0.2, 0.25) is 0 Å². The third kappa shape index (κ3) is 5.22. The first-order valence-corrected chi connectivity index (χ1v) is 8.31. The van der Waals surface area contributed by atoms with Gasteiger partial charge in [-0.15, -0.1) is 0 Å². The topological polar surface area (TPSA) is 53.6 Å². The maximum atomic E-state index is 12.0. The molecule has 1 unspecified atom stereocenters. The summed E-state index contributed by atoms with van der Waals surface area (Å²) >= 11 is 0. The molecule has 1 aliphatic heterocycles. The molecule has 2 N–H and O–H groups in total. The summed E-state index contributed by atoms with van der Waals surface area (Å²) in [5, 5.41) is 6.25. The molecule has 1 aliphatic rings. The Labute approximate surface area is 139 Å². The molecule has 1 saturated heterocycles. The molecular weight excluding hydrogens is 290 g/mol. The number of carbonyl (C=O) groups excluding carboxylic acids is 1. The molecule has 1 heterocycles. The summed E-state index contributed by atoms with van der Waals surface area (Å²) in [4.78, 5) is 14.5. The second-order valence-electron chi connectivity index (χ2n) is 7.16. The van der Waals surface area contributed by atoms with E-state index in [1.54, 1.807) is 0 Å². The van der Waals surface area contributed by atoms with Gasteiger partial charge in [0.05, 0.1) is 0 Å². The minimum atomic E-state index is -0.496. The number of amides is 1. The maximum absolute atomic E-state index is 12.0. The van der Waals surface area contributed by atoms with Gasteiger partial charge >= 0.3 is 6.09 Å². The minimum Gasteiger partial charge on any atom is -0.444 e. The molecule has 1 aromatic rings. The van der Waals surface area contributed by atoms with Gasteiger partial charge < -0.3 is 10.1 Å². The molecule has 0 saturated carbocycles. The van der Waals surface area contributed by atoms with E-state index in [1.807, 2.05) is 27.7 Å². The molecule has 0 aliphatic carbocycles. The number of anilines is 1. The van der Waals surface area contributed by atoms with Crippen LogP contribution < -0.4 is 10.6 Å². The molecule has 0 aromatic heterocycles. The van der Waals surface area contributed by atoms with Crippen LogP contribution in [0.5, 0.6) is 0 Å². The Morgan fingerprint density at radius 3 is 2.57 bits per heavy atom. The largest absolute Gasteiger partial charge is 0.444 e. The highest BCUT2D eigenvalue weighted by Crippen LogP contribution is 2.26. The van der Waals surface area contributed by atoms with Crippen LogP contribution in [0.2, 0.25) is 0 Å². The van der Waals surface area contributed by atoms with Crippen molar-refractivity contribution in [2.24, 2.45) is 0 Å². The fourth-order valence-corrected chi connectivity index (χ4v) is 2.73. The summed E-state index contributed by atoms with van der Waals surface area (Å²) in [6, 6.07) is 6.59. The molecule has 1 fully saturated rings. The van der Waals surface area contributed by atoms with Crippen LogP contribution in [0.4, 0.5) is 10.5 Å². The molecule has 2 rings (SSSR count). The SMILES string of the molecule is Cc1ccc(C(C)N2CCNCC2)cc1NC(=O)OC(C)(C)C.